The van der Waals surface area contributed by atoms with Gasteiger partial charge in [-0.3, -0.25) is 4.72 Å². The van der Waals surface area contributed by atoms with Gasteiger partial charge >= 0.3 is 0 Å². The minimum atomic E-state index is -3.82. The maximum atomic E-state index is 11.7. The highest BCUT2D eigenvalue weighted by Gasteiger charge is 2.14. The van der Waals surface area contributed by atoms with E-state index in [2.05, 4.69) is 20.7 Å². The van der Waals surface area contributed by atoms with Crippen molar-refractivity contribution in [3.05, 3.63) is 22.7 Å². The lowest BCUT2D eigenvalue weighted by molar-refractivity contribution is 0.597. The van der Waals surface area contributed by atoms with E-state index in [1.807, 2.05) is 0 Å². The summed E-state index contributed by atoms with van der Waals surface area (Å²) in [5.41, 5.74) is 0.238. The molecule has 10 heteroatoms. The SMILES string of the molecule is NS(=O)(=O)c1ccc(NS(=O)(=O)CCCCl)c(Br)c1. The molecule has 0 aliphatic heterocycles. The number of nitrogens with one attached hydrogen (secondary N) is 1. The van der Waals surface area contributed by atoms with E-state index in [0.717, 1.165) is 0 Å². The van der Waals surface area contributed by atoms with Crippen molar-refractivity contribution in [2.45, 2.75) is 11.3 Å². The summed E-state index contributed by atoms with van der Waals surface area (Å²) >= 11 is 8.52. The van der Waals surface area contributed by atoms with Crippen molar-refractivity contribution in [2.24, 2.45) is 5.14 Å². The average Bonchev–Trinajstić information content (AvgIpc) is 2.27. The van der Waals surface area contributed by atoms with Crippen LogP contribution in [0.2, 0.25) is 0 Å². The Morgan fingerprint density at radius 2 is 1.89 bits per heavy atom. The molecule has 0 aromatic heterocycles. The van der Waals surface area contributed by atoms with Crippen molar-refractivity contribution in [3.8, 4) is 0 Å². The average molecular weight is 392 g/mol. The van der Waals surface area contributed by atoms with Gasteiger partial charge in [-0.15, -0.1) is 11.6 Å². The van der Waals surface area contributed by atoms with Gasteiger partial charge in [0.15, 0.2) is 0 Å². The quantitative estimate of drug-likeness (QED) is 0.716. The Morgan fingerprint density at radius 3 is 2.37 bits per heavy atom. The molecule has 0 radical (unpaired) electrons. The van der Waals surface area contributed by atoms with Gasteiger partial charge in [0.05, 0.1) is 16.3 Å². The fraction of sp³-hybridized carbons (Fsp3) is 0.333. The number of rotatable bonds is 6. The molecule has 1 rings (SSSR count). The number of primary sulfonamides is 1. The van der Waals surface area contributed by atoms with Gasteiger partial charge in [0.2, 0.25) is 20.0 Å². The summed E-state index contributed by atoms with van der Waals surface area (Å²) in [6, 6.07) is 3.77. The number of alkyl halides is 1. The molecule has 0 amide bonds. The van der Waals surface area contributed by atoms with Gasteiger partial charge in [0.25, 0.3) is 0 Å². The molecule has 0 spiro atoms. The van der Waals surface area contributed by atoms with Crippen molar-refractivity contribution in [2.75, 3.05) is 16.4 Å². The van der Waals surface area contributed by atoms with Gasteiger partial charge in [-0.2, -0.15) is 0 Å². The van der Waals surface area contributed by atoms with E-state index < -0.39 is 20.0 Å². The molecule has 0 unspecified atom stereocenters. The molecule has 3 N–H and O–H groups in total. The summed E-state index contributed by atoms with van der Waals surface area (Å²) in [5, 5.41) is 4.97. The van der Waals surface area contributed by atoms with Gasteiger partial charge < -0.3 is 0 Å². The second-order valence-electron chi connectivity index (χ2n) is 3.65. The first-order chi connectivity index (χ1) is 8.65. The Bertz CT molecular complexity index is 661. The van der Waals surface area contributed by atoms with Crippen LogP contribution >= 0.6 is 27.5 Å². The van der Waals surface area contributed by atoms with Crippen molar-refractivity contribution in [1.82, 2.24) is 0 Å². The van der Waals surface area contributed by atoms with Crippen molar-refractivity contribution < 1.29 is 16.8 Å². The zero-order valence-electron chi connectivity index (χ0n) is 9.64. The van der Waals surface area contributed by atoms with Crippen LogP contribution in [0.5, 0.6) is 0 Å². The smallest absolute Gasteiger partial charge is 0.238 e. The van der Waals surface area contributed by atoms with Crippen LogP contribution in [-0.4, -0.2) is 28.5 Å². The molecule has 6 nitrogen and oxygen atoms in total. The van der Waals surface area contributed by atoms with E-state index in [9.17, 15) is 16.8 Å². The summed E-state index contributed by atoms with van der Waals surface area (Å²) in [6.45, 7) is 0. The third kappa shape index (κ3) is 5.27. The Kier molecular flexibility index (Phi) is 5.63. The van der Waals surface area contributed by atoms with Crippen LogP contribution in [0.3, 0.4) is 0 Å². The Hall–Kier alpha value is -0.350. The number of sulfonamides is 2. The van der Waals surface area contributed by atoms with Gasteiger partial charge in [-0.25, -0.2) is 22.0 Å². The zero-order chi connectivity index (χ0) is 14.7. The first-order valence-corrected chi connectivity index (χ1v) is 9.57. The number of nitrogens with two attached hydrogens (primary N) is 1. The fourth-order valence-corrected chi connectivity index (χ4v) is 3.95. The molecule has 19 heavy (non-hydrogen) atoms. The molecule has 0 saturated heterocycles. The number of halogens is 2. The fourth-order valence-electron chi connectivity index (χ4n) is 1.22. The van der Waals surface area contributed by atoms with E-state index >= 15 is 0 Å². The monoisotopic (exact) mass is 390 g/mol. The number of hydrogen-bond acceptors (Lipinski definition) is 4. The third-order valence-electron chi connectivity index (χ3n) is 2.08. The summed E-state index contributed by atoms with van der Waals surface area (Å²) < 4.78 is 48.2. The first kappa shape index (κ1) is 16.7. The van der Waals surface area contributed by atoms with E-state index in [4.69, 9.17) is 16.7 Å². The van der Waals surface area contributed by atoms with Crippen molar-refractivity contribution in [1.29, 1.82) is 0 Å². The minimum Gasteiger partial charge on any atom is -0.282 e. The van der Waals surface area contributed by atoms with Crippen LogP contribution in [-0.2, 0) is 20.0 Å². The minimum absolute atomic E-state index is 0.108. The number of benzene rings is 1. The molecule has 0 bridgehead atoms. The topological polar surface area (TPSA) is 106 Å². The van der Waals surface area contributed by atoms with Crippen molar-refractivity contribution in [3.63, 3.8) is 0 Å². The molecule has 108 valence electrons. The van der Waals surface area contributed by atoms with Gasteiger partial charge in [-0.05, 0) is 40.5 Å². The highest BCUT2D eigenvalue weighted by Crippen LogP contribution is 2.26. The van der Waals surface area contributed by atoms with Crippen molar-refractivity contribution >= 4 is 53.3 Å². The molecule has 0 heterocycles. The predicted octanol–water partition coefficient (Wildman–Crippen LogP) is 1.47. The van der Waals surface area contributed by atoms with Crippen LogP contribution in [0.25, 0.3) is 0 Å². The van der Waals surface area contributed by atoms with E-state index in [0.29, 0.717) is 6.42 Å². The van der Waals surface area contributed by atoms with Gasteiger partial charge in [-0.1, -0.05) is 0 Å². The molecule has 0 atom stereocenters. The molecule has 0 fully saturated rings. The second kappa shape index (κ2) is 6.40. The van der Waals surface area contributed by atoms with Crippen LogP contribution in [0.1, 0.15) is 6.42 Å². The van der Waals surface area contributed by atoms with E-state index in [1.165, 1.54) is 18.2 Å². The lowest BCUT2D eigenvalue weighted by Gasteiger charge is -2.10. The molecule has 0 aliphatic rings. The summed E-state index contributed by atoms with van der Waals surface area (Å²) in [7, 11) is -7.34. The Balaban J connectivity index is 2.99. The normalized spacial score (nSPS) is 12.4. The first-order valence-electron chi connectivity index (χ1n) is 5.04. The molecule has 0 saturated carbocycles. The van der Waals surface area contributed by atoms with E-state index in [1.54, 1.807) is 0 Å². The largest absolute Gasteiger partial charge is 0.282 e. The molecular weight excluding hydrogens is 380 g/mol. The maximum Gasteiger partial charge on any atom is 0.238 e. The van der Waals surface area contributed by atoms with Crippen LogP contribution in [0.15, 0.2) is 27.6 Å². The Labute approximate surface area is 125 Å². The van der Waals surface area contributed by atoms with Gasteiger partial charge in [0.1, 0.15) is 0 Å². The molecule has 1 aromatic rings. The highest BCUT2D eigenvalue weighted by molar-refractivity contribution is 9.10. The summed E-state index contributed by atoms with van der Waals surface area (Å²) in [6.07, 6.45) is 0.323. The van der Waals surface area contributed by atoms with Crippen LogP contribution in [0.4, 0.5) is 5.69 Å². The summed E-state index contributed by atoms with van der Waals surface area (Å²) in [4.78, 5) is -0.108. The second-order valence-corrected chi connectivity index (χ2v) is 8.29. The lowest BCUT2D eigenvalue weighted by atomic mass is 10.3. The zero-order valence-corrected chi connectivity index (χ0v) is 13.6. The van der Waals surface area contributed by atoms with Gasteiger partial charge in [0, 0.05) is 10.4 Å². The predicted molar refractivity (Wildman–Crippen MR) is 78.3 cm³/mol. The van der Waals surface area contributed by atoms with Crippen LogP contribution < -0.4 is 9.86 Å². The highest BCUT2D eigenvalue weighted by atomic mass is 79.9. The van der Waals surface area contributed by atoms with E-state index in [-0.39, 0.29) is 26.7 Å². The lowest BCUT2D eigenvalue weighted by Crippen LogP contribution is -2.18. The molecular formula is C9H12BrClN2O4S2. The standard InChI is InChI=1S/C9H12BrClN2O4S2/c10-8-6-7(19(12,16)17)2-3-9(8)13-18(14,15)5-1-4-11/h2-3,6,13H,1,4-5H2,(H2,12,16,17). The summed E-state index contributed by atoms with van der Waals surface area (Å²) in [5.74, 6) is 0.131. The maximum absolute atomic E-state index is 11.7. The third-order valence-corrected chi connectivity index (χ3v) is 5.27. The molecule has 1 aromatic carbocycles. The molecule has 0 aliphatic carbocycles. The Morgan fingerprint density at radius 1 is 1.26 bits per heavy atom. The number of anilines is 1. The number of hydrogen-bond donors (Lipinski definition) is 2. The van der Waals surface area contributed by atoms with Crippen LogP contribution in [0, 0.1) is 0 Å².